The van der Waals surface area contributed by atoms with Crippen LogP contribution in [0.25, 0.3) is 0 Å². The highest BCUT2D eigenvalue weighted by Crippen LogP contribution is 2.19. The highest BCUT2D eigenvalue weighted by atomic mass is 79.9. The van der Waals surface area contributed by atoms with Crippen LogP contribution in [0.2, 0.25) is 0 Å². The van der Waals surface area contributed by atoms with E-state index in [0.717, 1.165) is 10.0 Å². The first kappa shape index (κ1) is 13.6. The van der Waals surface area contributed by atoms with Gasteiger partial charge < -0.3 is 4.74 Å². The van der Waals surface area contributed by atoms with Gasteiger partial charge in [-0.3, -0.25) is 0 Å². The van der Waals surface area contributed by atoms with Gasteiger partial charge in [0.25, 0.3) is 0 Å². The number of rotatable bonds is 5. The third-order valence-corrected chi connectivity index (χ3v) is 4.39. The first-order chi connectivity index (χ1) is 7.47. The summed E-state index contributed by atoms with van der Waals surface area (Å²) in [5, 5.41) is 0. The molecule has 1 rings (SSSR count). The summed E-state index contributed by atoms with van der Waals surface area (Å²) in [6.07, 6.45) is 0. The quantitative estimate of drug-likeness (QED) is 0.842. The number of benzene rings is 1. The summed E-state index contributed by atoms with van der Waals surface area (Å²) in [5.41, 5.74) is 0.884. The minimum absolute atomic E-state index is 0.268. The fourth-order valence-electron chi connectivity index (χ4n) is 1.15. The molecule has 90 valence electrons. The number of ether oxygens (including phenoxy) is 1. The summed E-state index contributed by atoms with van der Waals surface area (Å²) in [5.74, 6) is 0. The molecule has 0 aliphatic heterocycles. The molecule has 0 saturated carbocycles. The van der Waals surface area contributed by atoms with Gasteiger partial charge in [0.15, 0.2) is 0 Å². The third-order valence-electron chi connectivity index (χ3n) is 2.04. The fourth-order valence-corrected chi connectivity index (χ4v) is 2.49. The Bertz CT molecular complexity index is 459. The second-order valence-electron chi connectivity index (χ2n) is 3.30. The van der Waals surface area contributed by atoms with E-state index in [2.05, 4.69) is 20.7 Å². The lowest BCUT2D eigenvalue weighted by atomic mass is 10.2. The van der Waals surface area contributed by atoms with Crippen LogP contribution in [0.1, 0.15) is 5.56 Å². The molecule has 0 atom stereocenters. The predicted octanol–water partition coefficient (Wildman–Crippen LogP) is 1.68. The van der Waals surface area contributed by atoms with Gasteiger partial charge in [-0.05, 0) is 30.7 Å². The van der Waals surface area contributed by atoms with Crippen LogP contribution in [-0.2, 0) is 14.8 Å². The van der Waals surface area contributed by atoms with Crippen LogP contribution in [0.15, 0.2) is 27.6 Å². The minimum Gasteiger partial charge on any atom is -0.383 e. The molecule has 0 amide bonds. The molecule has 1 aromatic carbocycles. The molecule has 0 radical (unpaired) electrons. The molecule has 0 aromatic heterocycles. The number of nitrogens with one attached hydrogen (secondary N) is 1. The molecule has 0 unspecified atom stereocenters. The first-order valence-electron chi connectivity index (χ1n) is 4.72. The molecule has 0 heterocycles. The van der Waals surface area contributed by atoms with Crippen molar-refractivity contribution in [3.63, 3.8) is 0 Å². The highest BCUT2D eigenvalue weighted by Gasteiger charge is 2.13. The average molecular weight is 308 g/mol. The summed E-state index contributed by atoms with van der Waals surface area (Å²) in [6.45, 7) is 2.47. The molecular formula is C10H14BrNO3S. The van der Waals surface area contributed by atoms with Gasteiger partial charge >= 0.3 is 0 Å². The Morgan fingerprint density at radius 3 is 2.69 bits per heavy atom. The van der Waals surface area contributed by atoms with E-state index >= 15 is 0 Å². The Hall–Kier alpha value is -0.430. The largest absolute Gasteiger partial charge is 0.383 e. The van der Waals surface area contributed by atoms with E-state index in [1.807, 2.05) is 6.92 Å². The zero-order chi connectivity index (χ0) is 12.2. The maximum absolute atomic E-state index is 11.8. The van der Waals surface area contributed by atoms with Gasteiger partial charge in [-0.25, -0.2) is 13.1 Å². The topological polar surface area (TPSA) is 55.4 Å². The van der Waals surface area contributed by atoms with E-state index in [1.165, 1.54) is 7.11 Å². The molecule has 0 spiro atoms. The number of halogens is 1. The lowest BCUT2D eigenvalue weighted by Crippen LogP contribution is -2.27. The molecule has 16 heavy (non-hydrogen) atoms. The zero-order valence-electron chi connectivity index (χ0n) is 9.16. The lowest BCUT2D eigenvalue weighted by Gasteiger charge is -2.07. The second-order valence-corrected chi connectivity index (χ2v) is 5.92. The van der Waals surface area contributed by atoms with Gasteiger partial charge in [-0.2, -0.15) is 0 Å². The monoisotopic (exact) mass is 307 g/mol. The Morgan fingerprint density at radius 2 is 2.12 bits per heavy atom. The van der Waals surface area contributed by atoms with Crippen molar-refractivity contribution in [1.82, 2.24) is 4.72 Å². The Morgan fingerprint density at radius 1 is 1.44 bits per heavy atom. The van der Waals surface area contributed by atoms with Crippen molar-refractivity contribution in [1.29, 1.82) is 0 Å². The van der Waals surface area contributed by atoms with Gasteiger partial charge in [-0.15, -0.1) is 0 Å². The number of sulfonamides is 1. The van der Waals surface area contributed by atoms with E-state index in [4.69, 9.17) is 4.74 Å². The summed E-state index contributed by atoms with van der Waals surface area (Å²) >= 11 is 3.32. The van der Waals surface area contributed by atoms with Gasteiger partial charge in [0.2, 0.25) is 10.0 Å². The van der Waals surface area contributed by atoms with Gasteiger partial charge in [0.05, 0.1) is 11.5 Å². The summed E-state index contributed by atoms with van der Waals surface area (Å²) < 4.78 is 31.7. The predicted molar refractivity (Wildman–Crippen MR) is 65.9 cm³/mol. The van der Waals surface area contributed by atoms with Crippen LogP contribution >= 0.6 is 15.9 Å². The molecule has 0 aliphatic carbocycles. The Balaban J connectivity index is 2.86. The second kappa shape index (κ2) is 5.77. The van der Waals surface area contributed by atoms with E-state index in [9.17, 15) is 8.42 Å². The molecule has 1 aromatic rings. The molecule has 0 fully saturated rings. The smallest absolute Gasteiger partial charge is 0.240 e. The Kier molecular flexibility index (Phi) is 4.91. The van der Waals surface area contributed by atoms with E-state index < -0.39 is 10.0 Å². The van der Waals surface area contributed by atoms with Crippen LogP contribution in [-0.4, -0.2) is 28.7 Å². The van der Waals surface area contributed by atoms with E-state index in [-0.39, 0.29) is 11.4 Å². The summed E-state index contributed by atoms with van der Waals surface area (Å²) in [7, 11) is -1.90. The fraction of sp³-hybridized carbons (Fsp3) is 0.400. The van der Waals surface area contributed by atoms with Gasteiger partial charge in [0.1, 0.15) is 0 Å². The van der Waals surface area contributed by atoms with Crippen molar-refractivity contribution in [2.45, 2.75) is 11.8 Å². The molecule has 0 saturated heterocycles. The van der Waals surface area contributed by atoms with Crippen LogP contribution in [0.5, 0.6) is 0 Å². The van der Waals surface area contributed by atoms with E-state index in [0.29, 0.717) is 6.61 Å². The first-order valence-corrected chi connectivity index (χ1v) is 7.00. The third kappa shape index (κ3) is 3.55. The van der Waals surface area contributed by atoms with Gasteiger partial charge in [-0.1, -0.05) is 15.9 Å². The van der Waals surface area contributed by atoms with Crippen molar-refractivity contribution < 1.29 is 13.2 Å². The lowest BCUT2D eigenvalue weighted by molar-refractivity contribution is 0.204. The molecule has 1 N–H and O–H groups in total. The van der Waals surface area contributed by atoms with Crippen LogP contribution in [0.4, 0.5) is 0 Å². The number of hydrogen-bond donors (Lipinski definition) is 1. The maximum Gasteiger partial charge on any atom is 0.240 e. The van der Waals surface area contributed by atoms with Crippen LogP contribution in [0.3, 0.4) is 0 Å². The number of aryl methyl sites for hydroxylation is 1. The molecule has 6 heteroatoms. The Labute approximate surface area is 104 Å². The molecule has 0 aliphatic rings. The standard InChI is InChI=1S/C10H14BrNO3S/c1-8-7-9(3-4-10(8)11)16(13,14)12-5-6-15-2/h3-4,7,12H,5-6H2,1-2H3. The molecule has 0 bridgehead atoms. The summed E-state index contributed by atoms with van der Waals surface area (Å²) in [6, 6.07) is 4.91. The van der Waals surface area contributed by atoms with Crippen molar-refractivity contribution in [3.05, 3.63) is 28.2 Å². The maximum atomic E-state index is 11.8. The van der Waals surface area contributed by atoms with Crippen molar-refractivity contribution in [2.75, 3.05) is 20.3 Å². The number of methoxy groups -OCH3 is 1. The van der Waals surface area contributed by atoms with Crippen LogP contribution in [0, 0.1) is 6.92 Å². The summed E-state index contributed by atoms with van der Waals surface area (Å²) in [4.78, 5) is 0.268. The van der Waals surface area contributed by atoms with Gasteiger partial charge in [0, 0.05) is 18.1 Å². The van der Waals surface area contributed by atoms with Crippen molar-refractivity contribution in [2.24, 2.45) is 0 Å². The minimum atomic E-state index is -3.42. The number of hydrogen-bond acceptors (Lipinski definition) is 3. The normalized spacial score (nSPS) is 11.7. The zero-order valence-corrected chi connectivity index (χ0v) is 11.6. The van der Waals surface area contributed by atoms with Crippen molar-refractivity contribution >= 4 is 26.0 Å². The highest BCUT2D eigenvalue weighted by molar-refractivity contribution is 9.10. The van der Waals surface area contributed by atoms with Crippen LogP contribution < -0.4 is 4.72 Å². The van der Waals surface area contributed by atoms with Crippen molar-refractivity contribution in [3.8, 4) is 0 Å². The average Bonchev–Trinajstić information content (AvgIpc) is 2.22. The molecule has 4 nitrogen and oxygen atoms in total. The SMILES string of the molecule is COCCNS(=O)(=O)c1ccc(Br)c(C)c1. The van der Waals surface area contributed by atoms with E-state index in [1.54, 1.807) is 18.2 Å². The molecular weight excluding hydrogens is 294 g/mol.